The number of aryl methyl sites for hydroxylation is 1. The lowest BCUT2D eigenvalue weighted by atomic mass is 9.71. The van der Waals surface area contributed by atoms with Gasteiger partial charge in [0, 0.05) is 5.54 Å². The predicted molar refractivity (Wildman–Crippen MR) is 56.9 cm³/mol. The Labute approximate surface area is 84.7 Å². The molecule has 0 saturated heterocycles. The average molecular weight is 191 g/mol. The van der Waals surface area contributed by atoms with Crippen LogP contribution in [0.25, 0.3) is 0 Å². The fourth-order valence-electron chi connectivity index (χ4n) is 2.06. The Balaban J connectivity index is 2.26. The standard InChI is InChI=1S/C12H17NO/c1-9-5-2-3-6-10(9)11(14)12(13)7-4-8-12/h2-3,5-6,11,14H,4,7-8,13H2,1H3. The lowest BCUT2D eigenvalue weighted by Gasteiger charge is -2.42. The molecule has 0 heterocycles. The minimum atomic E-state index is -0.502. The van der Waals surface area contributed by atoms with Crippen LogP contribution < -0.4 is 5.73 Å². The average Bonchev–Trinajstić information content (AvgIpc) is 2.14. The molecular formula is C12H17NO. The molecule has 1 aliphatic rings. The van der Waals surface area contributed by atoms with Crippen molar-refractivity contribution in [2.24, 2.45) is 5.73 Å². The number of aliphatic hydroxyl groups excluding tert-OH is 1. The summed E-state index contributed by atoms with van der Waals surface area (Å²) in [6, 6.07) is 7.91. The topological polar surface area (TPSA) is 46.2 Å². The zero-order valence-electron chi connectivity index (χ0n) is 8.53. The van der Waals surface area contributed by atoms with Gasteiger partial charge in [-0.05, 0) is 37.3 Å². The summed E-state index contributed by atoms with van der Waals surface area (Å²) in [5.41, 5.74) is 7.83. The van der Waals surface area contributed by atoms with Crippen molar-refractivity contribution in [3.05, 3.63) is 35.4 Å². The van der Waals surface area contributed by atoms with Gasteiger partial charge in [0.1, 0.15) is 0 Å². The van der Waals surface area contributed by atoms with E-state index in [9.17, 15) is 5.11 Å². The van der Waals surface area contributed by atoms with Gasteiger partial charge in [0.2, 0.25) is 0 Å². The van der Waals surface area contributed by atoms with Crippen molar-refractivity contribution < 1.29 is 5.11 Å². The van der Waals surface area contributed by atoms with E-state index in [-0.39, 0.29) is 5.54 Å². The van der Waals surface area contributed by atoms with Crippen LogP contribution in [0.5, 0.6) is 0 Å². The van der Waals surface area contributed by atoms with E-state index in [4.69, 9.17) is 5.73 Å². The van der Waals surface area contributed by atoms with Crippen LogP contribution >= 0.6 is 0 Å². The normalized spacial score (nSPS) is 21.4. The van der Waals surface area contributed by atoms with Gasteiger partial charge in [-0.15, -0.1) is 0 Å². The Morgan fingerprint density at radius 1 is 1.36 bits per heavy atom. The van der Waals surface area contributed by atoms with Crippen LogP contribution in [0.2, 0.25) is 0 Å². The first kappa shape index (κ1) is 9.69. The lowest BCUT2D eigenvalue weighted by Crippen LogP contribution is -2.51. The van der Waals surface area contributed by atoms with Crippen LogP contribution in [0.1, 0.15) is 36.5 Å². The van der Waals surface area contributed by atoms with Crippen molar-refractivity contribution >= 4 is 0 Å². The Bertz CT molecular complexity index is 331. The Morgan fingerprint density at radius 3 is 2.50 bits per heavy atom. The molecular weight excluding hydrogens is 174 g/mol. The maximum atomic E-state index is 10.2. The molecule has 0 radical (unpaired) electrons. The van der Waals surface area contributed by atoms with Crippen LogP contribution in [-0.2, 0) is 0 Å². The number of hydrogen-bond donors (Lipinski definition) is 2. The smallest absolute Gasteiger partial charge is 0.0971 e. The molecule has 0 aromatic heterocycles. The molecule has 1 aromatic carbocycles. The highest BCUT2D eigenvalue weighted by Crippen LogP contribution is 2.40. The molecule has 0 aliphatic heterocycles. The summed E-state index contributed by atoms with van der Waals surface area (Å²) in [5.74, 6) is 0. The minimum Gasteiger partial charge on any atom is -0.386 e. The molecule has 3 N–H and O–H groups in total. The third-order valence-electron chi connectivity index (χ3n) is 3.31. The molecule has 1 atom stereocenters. The molecule has 1 saturated carbocycles. The molecule has 76 valence electrons. The summed E-state index contributed by atoms with van der Waals surface area (Å²) in [6.07, 6.45) is 2.50. The van der Waals surface area contributed by atoms with E-state index in [1.54, 1.807) is 0 Å². The van der Waals surface area contributed by atoms with Gasteiger partial charge in [-0.2, -0.15) is 0 Å². The van der Waals surface area contributed by atoms with E-state index in [1.807, 2.05) is 31.2 Å². The zero-order valence-corrected chi connectivity index (χ0v) is 8.53. The maximum Gasteiger partial charge on any atom is 0.0971 e. The molecule has 1 fully saturated rings. The van der Waals surface area contributed by atoms with Gasteiger partial charge >= 0.3 is 0 Å². The fourth-order valence-corrected chi connectivity index (χ4v) is 2.06. The summed E-state index contributed by atoms with van der Waals surface area (Å²) in [6.45, 7) is 2.01. The molecule has 14 heavy (non-hydrogen) atoms. The maximum absolute atomic E-state index is 10.2. The monoisotopic (exact) mass is 191 g/mol. The molecule has 1 aromatic rings. The van der Waals surface area contributed by atoms with Gasteiger partial charge in [-0.1, -0.05) is 24.3 Å². The molecule has 1 aliphatic carbocycles. The summed E-state index contributed by atoms with van der Waals surface area (Å²) in [7, 11) is 0. The quantitative estimate of drug-likeness (QED) is 0.750. The highest BCUT2D eigenvalue weighted by Gasteiger charge is 2.40. The molecule has 0 amide bonds. The number of hydrogen-bond acceptors (Lipinski definition) is 2. The summed E-state index contributed by atoms with van der Waals surface area (Å²) < 4.78 is 0. The van der Waals surface area contributed by atoms with E-state index in [1.165, 1.54) is 0 Å². The minimum absolute atomic E-state index is 0.369. The van der Waals surface area contributed by atoms with Gasteiger partial charge in [-0.25, -0.2) is 0 Å². The number of rotatable bonds is 2. The van der Waals surface area contributed by atoms with Crippen LogP contribution in [0, 0.1) is 6.92 Å². The van der Waals surface area contributed by atoms with E-state index in [0.29, 0.717) is 0 Å². The van der Waals surface area contributed by atoms with Crippen molar-refractivity contribution in [2.75, 3.05) is 0 Å². The predicted octanol–water partition coefficient (Wildman–Crippen LogP) is 1.91. The highest BCUT2D eigenvalue weighted by molar-refractivity contribution is 5.30. The molecule has 2 heteroatoms. The Hall–Kier alpha value is -0.860. The van der Waals surface area contributed by atoms with Crippen LogP contribution in [-0.4, -0.2) is 10.6 Å². The third-order valence-corrected chi connectivity index (χ3v) is 3.31. The first-order valence-corrected chi connectivity index (χ1v) is 5.16. The van der Waals surface area contributed by atoms with Crippen molar-refractivity contribution in [1.29, 1.82) is 0 Å². The Kier molecular flexibility index (Phi) is 2.33. The van der Waals surface area contributed by atoms with Crippen molar-refractivity contribution in [3.8, 4) is 0 Å². The fraction of sp³-hybridized carbons (Fsp3) is 0.500. The van der Waals surface area contributed by atoms with Crippen LogP contribution in [0.4, 0.5) is 0 Å². The molecule has 1 unspecified atom stereocenters. The van der Waals surface area contributed by atoms with Crippen LogP contribution in [0.3, 0.4) is 0 Å². The van der Waals surface area contributed by atoms with E-state index in [2.05, 4.69) is 0 Å². The van der Waals surface area contributed by atoms with Gasteiger partial charge in [-0.3, -0.25) is 0 Å². The zero-order chi connectivity index (χ0) is 10.2. The molecule has 2 nitrogen and oxygen atoms in total. The SMILES string of the molecule is Cc1ccccc1C(O)C1(N)CCC1. The second kappa shape index (κ2) is 3.37. The summed E-state index contributed by atoms with van der Waals surface area (Å²) in [5, 5.41) is 10.2. The summed E-state index contributed by atoms with van der Waals surface area (Å²) >= 11 is 0. The highest BCUT2D eigenvalue weighted by atomic mass is 16.3. The van der Waals surface area contributed by atoms with E-state index >= 15 is 0 Å². The first-order valence-electron chi connectivity index (χ1n) is 5.16. The first-order chi connectivity index (χ1) is 6.63. The number of nitrogens with two attached hydrogens (primary N) is 1. The Morgan fingerprint density at radius 2 is 2.00 bits per heavy atom. The lowest BCUT2D eigenvalue weighted by molar-refractivity contribution is 0.0333. The van der Waals surface area contributed by atoms with Gasteiger partial charge in [0.05, 0.1) is 6.10 Å². The van der Waals surface area contributed by atoms with Gasteiger partial charge in [0.15, 0.2) is 0 Å². The van der Waals surface area contributed by atoms with Crippen molar-refractivity contribution in [2.45, 2.75) is 37.8 Å². The molecule has 0 spiro atoms. The second-order valence-electron chi connectivity index (χ2n) is 4.35. The second-order valence-corrected chi connectivity index (χ2v) is 4.35. The largest absolute Gasteiger partial charge is 0.386 e. The van der Waals surface area contributed by atoms with Gasteiger partial charge < -0.3 is 10.8 Å². The van der Waals surface area contributed by atoms with Gasteiger partial charge in [0.25, 0.3) is 0 Å². The van der Waals surface area contributed by atoms with E-state index < -0.39 is 6.10 Å². The van der Waals surface area contributed by atoms with Crippen LogP contribution in [0.15, 0.2) is 24.3 Å². The summed E-state index contributed by atoms with van der Waals surface area (Å²) in [4.78, 5) is 0. The number of aliphatic hydroxyl groups is 1. The van der Waals surface area contributed by atoms with Crippen molar-refractivity contribution in [1.82, 2.24) is 0 Å². The third kappa shape index (κ3) is 1.45. The molecule has 2 rings (SSSR count). The molecule has 0 bridgehead atoms. The number of benzene rings is 1. The van der Waals surface area contributed by atoms with E-state index in [0.717, 1.165) is 30.4 Å². The van der Waals surface area contributed by atoms with Crippen molar-refractivity contribution in [3.63, 3.8) is 0 Å².